The van der Waals surface area contributed by atoms with E-state index in [0.717, 1.165) is 28.3 Å². The number of anilines is 1. The van der Waals surface area contributed by atoms with Crippen LogP contribution in [0.3, 0.4) is 0 Å². The molecule has 0 aliphatic carbocycles. The summed E-state index contributed by atoms with van der Waals surface area (Å²) in [6, 6.07) is 15.3. The molecule has 1 atom stereocenters. The predicted octanol–water partition coefficient (Wildman–Crippen LogP) is 3.98. The van der Waals surface area contributed by atoms with Gasteiger partial charge in [0.2, 0.25) is 0 Å². The van der Waals surface area contributed by atoms with Crippen LogP contribution in [0.4, 0.5) is 5.82 Å². The second kappa shape index (κ2) is 9.24. The zero-order chi connectivity index (χ0) is 20.9. The molecule has 6 nitrogen and oxygen atoms in total. The van der Waals surface area contributed by atoms with Gasteiger partial charge in [-0.3, -0.25) is 9.78 Å². The summed E-state index contributed by atoms with van der Waals surface area (Å²) in [4.78, 5) is 23.5. The summed E-state index contributed by atoms with van der Waals surface area (Å²) in [5.74, 6) is 0.641. The highest BCUT2D eigenvalue weighted by molar-refractivity contribution is 6.30. The van der Waals surface area contributed by atoms with Crippen LogP contribution in [0.25, 0.3) is 0 Å². The van der Waals surface area contributed by atoms with Gasteiger partial charge >= 0.3 is 0 Å². The minimum Gasteiger partial charge on any atom is -0.373 e. The van der Waals surface area contributed by atoms with Crippen LogP contribution in [0, 0.1) is 0 Å². The second-order valence-corrected chi connectivity index (χ2v) is 7.62. The molecular formula is C23H23ClN4O2. The van der Waals surface area contributed by atoms with E-state index in [2.05, 4.69) is 21.4 Å². The smallest absolute Gasteiger partial charge is 0.254 e. The molecule has 7 heteroatoms. The lowest BCUT2D eigenvalue weighted by molar-refractivity contribution is -0.0247. The van der Waals surface area contributed by atoms with E-state index in [0.29, 0.717) is 31.1 Å². The molecule has 4 rings (SSSR count). The number of amides is 1. The molecule has 3 heterocycles. The number of hydrogen-bond acceptors (Lipinski definition) is 5. The van der Waals surface area contributed by atoms with Gasteiger partial charge in [0, 0.05) is 36.6 Å². The van der Waals surface area contributed by atoms with E-state index in [1.165, 1.54) is 0 Å². The van der Waals surface area contributed by atoms with E-state index >= 15 is 0 Å². The first-order chi connectivity index (χ1) is 14.6. The number of nitrogens with zero attached hydrogens (tertiary/aromatic N) is 3. The number of hydrogen-bond donors (Lipinski definition) is 1. The highest BCUT2D eigenvalue weighted by atomic mass is 35.5. The molecule has 1 aliphatic heterocycles. The maximum Gasteiger partial charge on any atom is 0.254 e. The number of ether oxygens (including phenoxy) is 1. The van der Waals surface area contributed by atoms with Crippen molar-refractivity contribution in [2.75, 3.05) is 32.1 Å². The molecule has 1 aromatic carbocycles. The highest BCUT2D eigenvalue weighted by Gasteiger charge is 2.27. The third kappa shape index (κ3) is 4.78. The molecule has 0 unspecified atom stereocenters. The summed E-state index contributed by atoms with van der Waals surface area (Å²) in [5.41, 5.74) is 3.68. The topological polar surface area (TPSA) is 67.4 Å². The summed E-state index contributed by atoms with van der Waals surface area (Å²) in [5, 5.41) is 3.69. The number of rotatable bonds is 5. The Balaban J connectivity index is 1.43. The highest BCUT2D eigenvalue weighted by Crippen LogP contribution is 2.23. The van der Waals surface area contributed by atoms with Crippen LogP contribution in [0.5, 0.6) is 0 Å². The van der Waals surface area contributed by atoms with Crippen molar-refractivity contribution in [2.45, 2.75) is 12.5 Å². The van der Waals surface area contributed by atoms with E-state index in [1.807, 2.05) is 41.4 Å². The lowest BCUT2D eigenvalue weighted by atomic mass is 10.1. The molecule has 1 amide bonds. The van der Waals surface area contributed by atoms with Crippen LogP contribution in [0.2, 0.25) is 5.02 Å². The van der Waals surface area contributed by atoms with Gasteiger partial charge in [-0.25, -0.2) is 4.98 Å². The maximum absolute atomic E-state index is 12.9. The van der Waals surface area contributed by atoms with Crippen LogP contribution in [0.15, 0.2) is 60.9 Å². The Labute approximate surface area is 180 Å². The fraction of sp³-hybridized carbons (Fsp3) is 0.261. The maximum atomic E-state index is 12.9. The van der Waals surface area contributed by atoms with Crippen molar-refractivity contribution < 1.29 is 9.53 Å². The molecule has 3 aromatic rings. The van der Waals surface area contributed by atoms with Crippen LogP contribution in [-0.4, -0.2) is 47.5 Å². The van der Waals surface area contributed by atoms with Gasteiger partial charge in [0.1, 0.15) is 11.9 Å². The zero-order valence-corrected chi connectivity index (χ0v) is 17.5. The lowest BCUT2D eigenvalue weighted by Crippen LogP contribution is -2.42. The molecule has 1 N–H and O–H groups in total. The first-order valence-electron chi connectivity index (χ1n) is 9.86. The van der Waals surface area contributed by atoms with Crippen LogP contribution >= 0.6 is 11.6 Å². The van der Waals surface area contributed by atoms with Gasteiger partial charge in [-0.15, -0.1) is 0 Å². The van der Waals surface area contributed by atoms with E-state index in [1.54, 1.807) is 25.4 Å². The molecule has 0 saturated carbocycles. The van der Waals surface area contributed by atoms with E-state index < -0.39 is 0 Å². The van der Waals surface area contributed by atoms with Crippen molar-refractivity contribution in [1.82, 2.24) is 14.9 Å². The fourth-order valence-electron chi connectivity index (χ4n) is 3.51. The Morgan fingerprint density at radius 2 is 2.10 bits per heavy atom. The second-order valence-electron chi connectivity index (χ2n) is 7.19. The average Bonchev–Trinajstić information content (AvgIpc) is 2.79. The number of benzene rings is 1. The monoisotopic (exact) mass is 422 g/mol. The Kier molecular flexibility index (Phi) is 6.26. The number of aromatic nitrogens is 2. The van der Waals surface area contributed by atoms with Gasteiger partial charge in [0.25, 0.3) is 5.91 Å². The minimum absolute atomic E-state index is 0.0280. The minimum atomic E-state index is -0.242. The van der Waals surface area contributed by atoms with Crippen LogP contribution in [0.1, 0.15) is 33.3 Å². The van der Waals surface area contributed by atoms with Gasteiger partial charge in [0.15, 0.2) is 0 Å². The molecule has 154 valence electrons. The van der Waals surface area contributed by atoms with Crippen molar-refractivity contribution in [2.24, 2.45) is 0 Å². The van der Waals surface area contributed by atoms with Gasteiger partial charge < -0.3 is 15.0 Å². The van der Waals surface area contributed by atoms with Crippen molar-refractivity contribution in [3.63, 3.8) is 0 Å². The molecule has 30 heavy (non-hydrogen) atoms. The van der Waals surface area contributed by atoms with Crippen molar-refractivity contribution in [3.8, 4) is 0 Å². The SMILES string of the molecule is CNc1cc(C(=O)N2CCO[C@@H](c3ccc(Cc4cccc(Cl)c4)cn3)C2)ccn1. The molecule has 1 aliphatic rings. The largest absolute Gasteiger partial charge is 0.373 e. The normalized spacial score (nSPS) is 16.3. The summed E-state index contributed by atoms with van der Waals surface area (Å²) < 4.78 is 5.90. The standard InChI is InChI=1S/C23H23ClN4O2/c1-25-22-13-18(7-8-26-22)23(29)28-9-10-30-21(15-28)20-6-5-17(14-27-20)11-16-3-2-4-19(24)12-16/h2-8,12-14,21H,9-11,15H2,1H3,(H,25,26)/t21-/m1/s1. The quantitative estimate of drug-likeness (QED) is 0.673. The van der Waals surface area contributed by atoms with Crippen LogP contribution < -0.4 is 5.32 Å². The number of pyridine rings is 2. The molecule has 1 saturated heterocycles. The van der Waals surface area contributed by atoms with Gasteiger partial charge in [-0.1, -0.05) is 29.8 Å². The predicted molar refractivity (Wildman–Crippen MR) is 117 cm³/mol. The van der Waals surface area contributed by atoms with Crippen molar-refractivity contribution in [1.29, 1.82) is 0 Å². The fourth-order valence-corrected chi connectivity index (χ4v) is 3.72. The first kappa shape index (κ1) is 20.3. The van der Waals surface area contributed by atoms with Crippen molar-refractivity contribution in [3.05, 3.63) is 88.3 Å². The number of nitrogens with one attached hydrogen (secondary N) is 1. The average molecular weight is 423 g/mol. The Bertz CT molecular complexity index is 1030. The van der Waals surface area contributed by atoms with Crippen LogP contribution in [-0.2, 0) is 11.2 Å². The lowest BCUT2D eigenvalue weighted by Gasteiger charge is -2.32. The molecule has 0 radical (unpaired) electrons. The summed E-state index contributed by atoms with van der Waals surface area (Å²) in [6.45, 7) is 1.50. The number of carbonyl (C=O) groups is 1. The Hall–Kier alpha value is -2.96. The number of halogens is 1. The first-order valence-corrected chi connectivity index (χ1v) is 10.2. The van der Waals surface area contributed by atoms with E-state index in [9.17, 15) is 4.79 Å². The Morgan fingerprint density at radius 3 is 2.87 bits per heavy atom. The molecule has 2 aromatic heterocycles. The Morgan fingerprint density at radius 1 is 1.20 bits per heavy atom. The van der Waals surface area contributed by atoms with Gasteiger partial charge in [0.05, 0.1) is 18.8 Å². The molecule has 1 fully saturated rings. The summed E-state index contributed by atoms with van der Waals surface area (Å²) in [7, 11) is 1.78. The molecule has 0 spiro atoms. The number of carbonyl (C=O) groups excluding carboxylic acids is 1. The molecular weight excluding hydrogens is 400 g/mol. The number of morpholine rings is 1. The zero-order valence-electron chi connectivity index (χ0n) is 16.7. The van der Waals surface area contributed by atoms with E-state index in [4.69, 9.17) is 16.3 Å². The summed E-state index contributed by atoms with van der Waals surface area (Å²) >= 11 is 6.07. The molecule has 0 bridgehead atoms. The third-order valence-corrected chi connectivity index (χ3v) is 5.33. The third-order valence-electron chi connectivity index (χ3n) is 5.09. The van der Waals surface area contributed by atoms with Gasteiger partial charge in [-0.2, -0.15) is 0 Å². The van der Waals surface area contributed by atoms with Crippen molar-refractivity contribution >= 4 is 23.3 Å². The van der Waals surface area contributed by atoms with Gasteiger partial charge in [-0.05, 0) is 47.9 Å². The van der Waals surface area contributed by atoms with E-state index in [-0.39, 0.29) is 12.0 Å². The summed E-state index contributed by atoms with van der Waals surface area (Å²) in [6.07, 6.45) is 4.02.